The van der Waals surface area contributed by atoms with Gasteiger partial charge in [0.2, 0.25) is 11.6 Å². The molecule has 2 rings (SSSR count). The van der Waals surface area contributed by atoms with Crippen LogP contribution in [0.1, 0.15) is 0 Å². The summed E-state index contributed by atoms with van der Waals surface area (Å²) >= 11 is 11.5. The molecular formula is C13H8Cl2FNO6S. The smallest absolute Gasteiger partial charge is 0.297 e. The van der Waals surface area contributed by atoms with Gasteiger partial charge in [-0.2, -0.15) is 8.42 Å². The Hall–Kier alpha value is -1.94. The van der Waals surface area contributed by atoms with Gasteiger partial charge in [0.05, 0.1) is 7.11 Å². The van der Waals surface area contributed by atoms with Crippen LogP contribution in [0.3, 0.4) is 0 Å². The lowest BCUT2D eigenvalue weighted by atomic mass is 10.1. The fraction of sp³-hybridized carbons (Fsp3) is 0.0769. The van der Waals surface area contributed by atoms with Crippen molar-refractivity contribution in [1.82, 2.24) is 0 Å². The minimum absolute atomic E-state index is 0.122. The fourth-order valence-corrected chi connectivity index (χ4v) is 2.91. The fourth-order valence-electron chi connectivity index (χ4n) is 1.84. The number of anilines is 1. The standard InChI is InChI=1S/C13H8Cl2FNO6S/c1-23-13-9(15)11(18)10(8(14)12(13)19)17-5-2-3-6(16)7(4-5)24(20,21)22/h2-4,17H,1H3,(H,20,21,22). The Labute approximate surface area is 145 Å². The largest absolute Gasteiger partial charge is 0.491 e. The maximum Gasteiger partial charge on any atom is 0.297 e. The number of benzene rings is 1. The minimum atomic E-state index is -4.83. The molecule has 0 aromatic heterocycles. The van der Waals surface area contributed by atoms with E-state index in [1.54, 1.807) is 0 Å². The van der Waals surface area contributed by atoms with Gasteiger partial charge in [-0.25, -0.2) is 4.39 Å². The number of rotatable bonds is 4. The van der Waals surface area contributed by atoms with Crippen LogP contribution in [0.5, 0.6) is 0 Å². The molecular weight excluding hydrogens is 388 g/mol. The van der Waals surface area contributed by atoms with E-state index in [-0.39, 0.29) is 5.69 Å². The second kappa shape index (κ2) is 6.52. The third kappa shape index (κ3) is 3.29. The molecule has 0 saturated carbocycles. The molecule has 0 bridgehead atoms. The third-order valence-corrected chi connectivity index (χ3v) is 4.51. The van der Waals surface area contributed by atoms with Crippen molar-refractivity contribution in [2.75, 3.05) is 12.4 Å². The van der Waals surface area contributed by atoms with Crippen molar-refractivity contribution in [3.8, 4) is 0 Å². The van der Waals surface area contributed by atoms with Gasteiger partial charge in [0, 0.05) is 5.69 Å². The molecule has 0 radical (unpaired) electrons. The van der Waals surface area contributed by atoms with Crippen LogP contribution < -0.4 is 5.32 Å². The van der Waals surface area contributed by atoms with E-state index in [1.807, 2.05) is 0 Å². The number of hydrogen-bond donors (Lipinski definition) is 2. The van der Waals surface area contributed by atoms with E-state index in [1.165, 1.54) is 0 Å². The Morgan fingerprint density at radius 1 is 1.17 bits per heavy atom. The molecule has 24 heavy (non-hydrogen) atoms. The van der Waals surface area contributed by atoms with Gasteiger partial charge in [-0.3, -0.25) is 14.1 Å². The molecule has 7 nitrogen and oxygen atoms in total. The zero-order valence-electron chi connectivity index (χ0n) is 11.8. The molecule has 0 aliphatic heterocycles. The molecule has 0 spiro atoms. The van der Waals surface area contributed by atoms with Gasteiger partial charge >= 0.3 is 0 Å². The highest BCUT2D eigenvalue weighted by Crippen LogP contribution is 2.31. The van der Waals surface area contributed by atoms with E-state index < -0.39 is 53.9 Å². The first-order valence-electron chi connectivity index (χ1n) is 6.05. The molecule has 0 fully saturated rings. The maximum atomic E-state index is 13.4. The van der Waals surface area contributed by atoms with Gasteiger partial charge in [-0.1, -0.05) is 23.2 Å². The Kier molecular flexibility index (Phi) is 5.00. The highest BCUT2D eigenvalue weighted by molar-refractivity contribution is 7.85. The van der Waals surface area contributed by atoms with Crippen molar-refractivity contribution in [1.29, 1.82) is 0 Å². The molecule has 11 heteroatoms. The van der Waals surface area contributed by atoms with Crippen molar-refractivity contribution in [2.45, 2.75) is 4.90 Å². The number of nitrogens with one attached hydrogen (secondary N) is 1. The summed E-state index contributed by atoms with van der Waals surface area (Å²) in [7, 11) is -3.70. The maximum absolute atomic E-state index is 13.4. The van der Waals surface area contributed by atoms with Crippen LogP contribution in [0.25, 0.3) is 0 Å². The Morgan fingerprint density at radius 2 is 1.79 bits per heavy atom. The summed E-state index contributed by atoms with van der Waals surface area (Å²) in [5.41, 5.74) is -0.566. The topological polar surface area (TPSA) is 110 Å². The summed E-state index contributed by atoms with van der Waals surface area (Å²) in [5, 5.41) is 1.32. The van der Waals surface area contributed by atoms with E-state index in [4.69, 9.17) is 32.5 Å². The Bertz CT molecular complexity index is 922. The van der Waals surface area contributed by atoms with Crippen LogP contribution in [0.4, 0.5) is 10.1 Å². The lowest BCUT2D eigenvalue weighted by Crippen LogP contribution is -2.25. The van der Waals surface area contributed by atoms with Crippen LogP contribution in [-0.4, -0.2) is 31.6 Å². The predicted molar refractivity (Wildman–Crippen MR) is 82.6 cm³/mol. The predicted octanol–water partition coefficient (Wildman–Crippen LogP) is 2.18. The highest BCUT2D eigenvalue weighted by Gasteiger charge is 2.34. The second-order valence-corrected chi connectivity index (χ2v) is 6.59. The molecule has 128 valence electrons. The summed E-state index contributed by atoms with van der Waals surface area (Å²) in [6, 6.07) is 2.54. The molecule has 2 N–H and O–H groups in total. The minimum Gasteiger partial charge on any atom is -0.491 e. The monoisotopic (exact) mass is 395 g/mol. The SMILES string of the molecule is COC1=C(Cl)C(=O)C(Nc2ccc(F)c(S(=O)(=O)O)c2)=C(Cl)C1=O. The number of halogens is 3. The van der Waals surface area contributed by atoms with E-state index in [0.717, 1.165) is 25.3 Å². The van der Waals surface area contributed by atoms with E-state index in [2.05, 4.69) is 5.32 Å². The van der Waals surface area contributed by atoms with Gasteiger partial charge in [0.15, 0.2) is 5.76 Å². The van der Waals surface area contributed by atoms with E-state index in [9.17, 15) is 22.4 Å². The van der Waals surface area contributed by atoms with Crippen molar-refractivity contribution in [3.05, 3.63) is 45.5 Å². The number of ketones is 2. The van der Waals surface area contributed by atoms with Crippen LogP contribution in [0.2, 0.25) is 0 Å². The number of ether oxygens (including phenoxy) is 1. The Balaban J connectivity index is 2.47. The molecule has 0 saturated heterocycles. The highest BCUT2D eigenvalue weighted by atomic mass is 35.5. The summed E-state index contributed by atoms with van der Waals surface area (Å²) in [6.07, 6.45) is 0. The van der Waals surface area contributed by atoms with Gasteiger partial charge in [-0.05, 0) is 18.2 Å². The zero-order chi connectivity index (χ0) is 18.2. The number of Topliss-reactive ketones (excluding diaryl/α,β-unsaturated/α-hetero) is 2. The number of carbonyl (C=O) groups is 2. The lowest BCUT2D eigenvalue weighted by molar-refractivity contribution is -0.117. The second-order valence-electron chi connectivity index (χ2n) is 4.44. The molecule has 1 aliphatic carbocycles. The third-order valence-electron chi connectivity index (χ3n) is 2.93. The molecule has 0 heterocycles. The van der Waals surface area contributed by atoms with Crippen molar-refractivity contribution >= 4 is 50.6 Å². The first-order chi connectivity index (χ1) is 11.1. The zero-order valence-corrected chi connectivity index (χ0v) is 14.1. The number of allylic oxidation sites excluding steroid dienone is 2. The van der Waals surface area contributed by atoms with Gasteiger partial charge in [0.1, 0.15) is 26.5 Å². The van der Waals surface area contributed by atoms with Crippen LogP contribution in [0.15, 0.2) is 44.6 Å². The van der Waals surface area contributed by atoms with E-state index in [0.29, 0.717) is 0 Å². The number of carbonyl (C=O) groups excluding carboxylic acids is 2. The molecule has 1 aromatic rings. The Morgan fingerprint density at radius 3 is 2.33 bits per heavy atom. The first kappa shape index (κ1) is 18.4. The lowest BCUT2D eigenvalue weighted by Gasteiger charge is -2.18. The summed E-state index contributed by atoms with van der Waals surface area (Å²) in [4.78, 5) is 23.1. The van der Waals surface area contributed by atoms with Crippen molar-refractivity contribution in [2.24, 2.45) is 0 Å². The van der Waals surface area contributed by atoms with Crippen LogP contribution in [0, 0.1) is 5.82 Å². The first-order valence-corrected chi connectivity index (χ1v) is 8.24. The van der Waals surface area contributed by atoms with Crippen LogP contribution >= 0.6 is 23.2 Å². The van der Waals surface area contributed by atoms with E-state index >= 15 is 0 Å². The van der Waals surface area contributed by atoms with Crippen molar-refractivity contribution < 1.29 is 31.7 Å². The summed E-state index contributed by atoms with van der Waals surface area (Å²) in [5.74, 6) is -3.37. The normalized spacial score (nSPS) is 15.9. The quantitative estimate of drug-likeness (QED) is 0.593. The van der Waals surface area contributed by atoms with Crippen molar-refractivity contribution in [3.63, 3.8) is 0 Å². The average molecular weight is 396 g/mol. The van der Waals surface area contributed by atoms with Gasteiger partial charge < -0.3 is 10.1 Å². The average Bonchev–Trinajstić information content (AvgIpc) is 2.50. The summed E-state index contributed by atoms with van der Waals surface area (Å²) < 4.78 is 49.3. The molecule has 0 amide bonds. The van der Waals surface area contributed by atoms with Crippen LogP contribution in [-0.2, 0) is 24.4 Å². The molecule has 0 unspecified atom stereocenters. The number of hydrogen-bond acceptors (Lipinski definition) is 6. The number of methoxy groups -OCH3 is 1. The summed E-state index contributed by atoms with van der Waals surface area (Å²) in [6.45, 7) is 0. The van der Waals surface area contributed by atoms with Gasteiger partial charge in [0.25, 0.3) is 10.1 Å². The molecule has 1 aliphatic rings. The molecule has 1 aromatic carbocycles. The molecule has 0 atom stereocenters. The van der Waals surface area contributed by atoms with Gasteiger partial charge in [-0.15, -0.1) is 0 Å².